The zero-order valence-corrected chi connectivity index (χ0v) is 12.8. The number of hydrogen-bond acceptors (Lipinski definition) is 2. The summed E-state index contributed by atoms with van der Waals surface area (Å²) in [5.41, 5.74) is 1.80. The largest absolute Gasteiger partial charge is 0.496 e. The Labute approximate surface area is 121 Å². The first-order valence-electron chi connectivity index (χ1n) is 7.63. The Morgan fingerprint density at radius 2 is 2.00 bits per heavy atom. The van der Waals surface area contributed by atoms with Gasteiger partial charge in [0, 0.05) is 18.2 Å². The van der Waals surface area contributed by atoms with Crippen molar-refractivity contribution in [3.8, 4) is 5.75 Å². The van der Waals surface area contributed by atoms with Gasteiger partial charge in [-0.1, -0.05) is 25.3 Å². The Morgan fingerprint density at radius 3 is 2.60 bits per heavy atom. The van der Waals surface area contributed by atoms with Crippen LogP contribution >= 0.6 is 0 Å². The van der Waals surface area contributed by atoms with Crippen molar-refractivity contribution < 1.29 is 9.53 Å². The molecule has 1 saturated carbocycles. The third kappa shape index (κ3) is 3.14. The predicted molar refractivity (Wildman–Crippen MR) is 81.3 cm³/mol. The molecule has 1 amide bonds. The second kappa shape index (κ2) is 6.78. The maximum absolute atomic E-state index is 12.7. The first-order chi connectivity index (χ1) is 9.67. The van der Waals surface area contributed by atoms with Gasteiger partial charge in [0.15, 0.2) is 0 Å². The Morgan fingerprint density at radius 1 is 1.30 bits per heavy atom. The van der Waals surface area contributed by atoms with Crippen molar-refractivity contribution in [1.82, 2.24) is 4.90 Å². The van der Waals surface area contributed by atoms with Crippen molar-refractivity contribution in [2.75, 3.05) is 13.7 Å². The van der Waals surface area contributed by atoms with Crippen molar-refractivity contribution in [1.29, 1.82) is 0 Å². The molecular weight excluding hydrogens is 250 g/mol. The number of hydrogen-bond donors (Lipinski definition) is 0. The molecule has 1 aliphatic rings. The lowest BCUT2D eigenvalue weighted by Gasteiger charge is -2.33. The second-order valence-corrected chi connectivity index (χ2v) is 5.57. The average Bonchev–Trinajstić information content (AvgIpc) is 2.49. The molecule has 110 valence electrons. The number of rotatable bonds is 4. The van der Waals surface area contributed by atoms with Crippen LogP contribution in [0.15, 0.2) is 18.2 Å². The molecule has 0 unspecified atom stereocenters. The van der Waals surface area contributed by atoms with Gasteiger partial charge < -0.3 is 9.64 Å². The molecule has 20 heavy (non-hydrogen) atoms. The molecule has 0 spiro atoms. The number of methoxy groups -OCH3 is 1. The van der Waals surface area contributed by atoms with Crippen molar-refractivity contribution in [3.63, 3.8) is 0 Å². The van der Waals surface area contributed by atoms with Crippen LogP contribution in [0.4, 0.5) is 0 Å². The third-order valence-corrected chi connectivity index (χ3v) is 4.27. The number of benzene rings is 1. The van der Waals surface area contributed by atoms with Gasteiger partial charge in [-0.2, -0.15) is 0 Å². The average molecular weight is 275 g/mol. The van der Waals surface area contributed by atoms with E-state index in [0.29, 0.717) is 6.04 Å². The van der Waals surface area contributed by atoms with E-state index in [2.05, 4.69) is 6.92 Å². The molecule has 1 aromatic rings. The van der Waals surface area contributed by atoms with E-state index in [9.17, 15) is 4.79 Å². The molecule has 3 nitrogen and oxygen atoms in total. The van der Waals surface area contributed by atoms with Crippen LogP contribution in [0.3, 0.4) is 0 Å². The van der Waals surface area contributed by atoms with Crippen molar-refractivity contribution in [2.45, 2.75) is 52.0 Å². The molecule has 1 aliphatic carbocycles. The van der Waals surface area contributed by atoms with E-state index in [1.165, 1.54) is 19.3 Å². The molecule has 0 radical (unpaired) electrons. The van der Waals surface area contributed by atoms with Crippen LogP contribution in [-0.4, -0.2) is 30.5 Å². The van der Waals surface area contributed by atoms with Gasteiger partial charge in [-0.15, -0.1) is 0 Å². The monoisotopic (exact) mass is 275 g/mol. The van der Waals surface area contributed by atoms with E-state index >= 15 is 0 Å². The predicted octanol–water partition coefficient (Wildman–Crippen LogP) is 3.80. The van der Waals surface area contributed by atoms with Gasteiger partial charge in [0.05, 0.1) is 7.11 Å². The molecule has 0 bridgehead atoms. The highest BCUT2D eigenvalue weighted by atomic mass is 16.5. The molecule has 0 heterocycles. The van der Waals surface area contributed by atoms with Gasteiger partial charge >= 0.3 is 0 Å². The summed E-state index contributed by atoms with van der Waals surface area (Å²) >= 11 is 0. The molecule has 0 saturated heterocycles. The lowest BCUT2D eigenvalue weighted by Crippen LogP contribution is -2.41. The lowest BCUT2D eigenvalue weighted by atomic mass is 9.93. The fourth-order valence-corrected chi connectivity index (χ4v) is 3.08. The topological polar surface area (TPSA) is 29.5 Å². The minimum Gasteiger partial charge on any atom is -0.496 e. The summed E-state index contributed by atoms with van der Waals surface area (Å²) in [5.74, 6) is 0.924. The highest BCUT2D eigenvalue weighted by Gasteiger charge is 2.25. The van der Waals surface area contributed by atoms with Gasteiger partial charge in [0.1, 0.15) is 5.75 Å². The van der Waals surface area contributed by atoms with Gasteiger partial charge in [-0.05, 0) is 44.4 Å². The molecule has 1 aromatic carbocycles. The van der Waals surface area contributed by atoms with Crippen molar-refractivity contribution in [3.05, 3.63) is 29.3 Å². The summed E-state index contributed by atoms with van der Waals surface area (Å²) in [5, 5.41) is 0. The van der Waals surface area contributed by atoms with Crippen molar-refractivity contribution >= 4 is 5.91 Å². The van der Waals surface area contributed by atoms with E-state index in [4.69, 9.17) is 4.74 Å². The van der Waals surface area contributed by atoms with Crippen LogP contribution in [0.25, 0.3) is 0 Å². The Balaban J connectivity index is 2.19. The van der Waals surface area contributed by atoms with Crippen LogP contribution in [0.5, 0.6) is 5.75 Å². The minimum atomic E-state index is 0.137. The first-order valence-corrected chi connectivity index (χ1v) is 7.63. The Kier molecular flexibility index (Phi) is 5.05. The fourth-order valence-electron chi connectivity index (χ4n) is 3.08. The number of carbonyl (C=O) groups is 1. The summed E-state index contributed by atoms with van der Waals surface area (Å²) in [6.07, 6.45) is 6.07. The molecular formula is C17H25NO2. The summed E-state index contributed by atoms with van der Waals surface area (Å²) in [6, 6.07) is 6.14. The SMILES string of the molecule is CCN(C(=O)c1ccc(C)c(OC)c1)C1CCCCC1. The van der Waals surface area contributed by atoms with Gasteiger partial charge in [-0.3, -0.25) is 4.79 Å². The summed E-state index contributed by atoms with van der Waals surface area (Å²) in [4.78, 5) is 14.8. The van der Waals surface area contributed by atoms with E-state index < -0.39 is 0 Å². The lowest BCUT2D eigenvalue weighted by molar-refractivity contribution is 0.0647. The Hall–Kier alpha value is -1.51. The Bertz CT molecular complexity index is 464. The highest BCUT2D eigenvalue weighted by molar-refractivity contribution is 5.95. The van der Waals surface area contributed by atoms with Gasteiger partial charge in [0.2, 0.25) is 0 Å². The van der Waals surface area contributed by atoms with Crippen LogP contribution in [-0.2, 0) is 0 Å². The number of ether oxygens (including phenoxy) is 1. The normalized spacial score (nSPS) is 15.9. The second-order valence-electron chi connectivity index (χ2n) is 5.57. The zero-order valence-electron chi connectivity index (χ0n) is 12.8. The van der Waals surface area contributed by atoms with E-state index in [0.717, 1.165) is 36.3 Å². The summed E-state index contributed by atoms with van der Waals surface area (Å²) < 4.78 is 5.32. The van der Waals surface area contributed by atoms with Gasteiger partial charge in [-0.25, -0.2) is 0 Å². The molecule has 3 heteroatoms. The number of amides is 1. The summed E-state index contributed by atoms with van der Waals surface area (Å²) in [7, 11) is 1.65. The number of aryl methyl sites for hydroxylation is 1. The van der Waals surface area contributed by atoms with Gasteiger partial charge in [0.25, 0.3) is 5.91 Å². The first kappa shape index (κ1) is 14.9. The number of nitrogens with zero attached hydrogens (tertiary/aromatic N) is 1. The molecule has 1 fully saturated rings. The molecule has 0 N–H and O–H groups in total. The number of carbonyl (C=O) groups excluding carboxylic acids is 1. The summed E-state index contributed by atoms with van der Waals surface area (Å²) in [6.45, 7) is 4.84. The van der Waals surface area contributed by atoms with E-state index in [-0.39, 0.29) is 5.91 Å². The fraction of sp³-hybridized carbons (Fsp3) is 0.588. The third-order valence-electron chi connectivity index (χ3n) is 4.27. The van der Waals surface area contributed by atoms with E-state index in [1.54, 1.807) is 7.11 Å². The molecule has 0 aliphatic heterocycles. The maximum atomic E-state index is 12.7. The maximum Gasteiger partial charge on any atom is 0.254 e. The van der Waals surface area contributed by atoms with Crippen LogP contribution < -0.4 is 4.74 Å². The zero-order chi connectivity index (χ0) is 14.5. The smallest absolute Gasteiger partial charge is 0.254 e. The minimum absolute atomic E-state index is 0.137. The van der Waals surface area contributed by atoms with Crippen LogP contribution in [0.1, 0.15) is 54.9 Å². The van der Waals surface area contributed by atoms with Crippen LogP contribution in [0, 0.1) is 6.92 Å². The van der Waals surface area contributed by atoms with Crippen molar-refractivity contribution in [2.24, 2.45) is 0 Å². The molecule has 0 atom stereocenters. The van der Waals surface area contributed by atoms with Crippen LogP contribution in [0.2, 0.25) is 0 Å². The van der Waals surface area contributed by atoms with E-state index in [1.807, 2.05) is 30.0 Å². The quantitative estimate of drug-likeness (QED) is 0.836. The highest BCUT2D eigenvalue weighted by Crippen LogP contribution is 2.25. The molecule has 2 rings (SSSR count). The standard InChI is InChI=1S/C17H25NO2/c1-4-18(15-8-6-5-7-9-15)17(19)14-11-10-13(2)16(12-14)20-3/h10-12,15H,4-9H2,1-3H3. The molecule has 0 aromatic heterocycles.